The van der Waals surface area contributed by atoms with Gasteiger partial charge in [0.2, 0.25) is 5.91 Å². The number of nitrogens with zero attached hydrogens (tertiary/aromatic N) is 3. The number of amides is 1. The average molecular weight is 416 g/mol. The highest BCUT2D eigenvalue weighted by molar-refractivity contribution is 8.00. The number of para-hydroxylation sites is 1. The van der Waals surface area contributed by atoms with Crippen molar-refractivity contribution >= 4 is 29.4 Å². The van der Waals surface area contributed by atoms with Gasteiger partial charge in [0.1, 0.15) is 0 Å². The highest BCUT2D eigenvalue weighted by atomic mass is 32.2. The zero-order chi connectivity index (χ0) is 19.7. The molecule has 1 saturated heterocycles. The van der Waals surface area contributed by atoms with Gasteiger partial charge in [-0.15, -0.1) is 11.8 Å². The van der Waals surface area contributed by atoms with E-state index in [0.29, 0.717) is 22.1 Å². The zero-order valence-corrected chi connectivity index (χ0v) is 17.9. The number of hydrogen-bond donors (Lipinski definition) is 0. The molecule has 2 aromatic rings. The maximum atomic E-state index is 13.2. The molecular formula is C21H25N3O2S2. The minimum Gasteiger partial charge on any atom is -0.342 e. The second-order valence-corrected chi connectivity index (χ2v) is 10.0. The molecule has 4 rings (SSSR count). The molecule has 2 aliphatic heterocycles. The molecule has 1 aromatic carbocycles. The van der Waals surface area contributed by atoms with Gasteiger partial charge in [-0.25, -0.2) is 4.98 Å². The van der Waals surface area contributed by atoms with Crippen molar-refractivity contribution in [1.29, 1.82) is 0 Å². The second kappa shape index (κ2) is 8.33. The predicted molar refractivity (Wildman–Crippen MR) is 115 cm³/mol. The maximum Gasteiger partial charge on any atom is 0.272 e. The molecule has 1 fully saturated rings. The fourth-order valence-corrected chi connectivity index (χ4v) is 5.71. The first-order chi connectivity index (χ1) is 13.5. The van der Waals surface area contributed by atoms with E-state index in [4.69, 9.17) is 4.98 Å². The van der Waals surface area contributed by atoms with Crippen molar-refractivity contribution in [3.8, 4) is 5.69 Å². The molecule has 1 aromatic heterocycles. The lowest BCUT2D eigenvalue weighted by Crippen LogP contribution is -2.39. The summed E-state index contributed by atoms with van der Waals surface area (Å²) in [7, 11) is 0. The van der Waals surface area contributed by atoms with Crippen LogP contribution in [-0.2, 0) is 11.2 Å². The second-order valence-electron chi connectivity index (χ2n) is 7.63. The lowest BCUT2D eigenvalue weighted by atomic mass is 9.99. The molecule has 5 nitrogen and oxygen atoms in total. The van der Waals surface area contributed by atoms with Gasteiger partial charge in [0, 0.05) is 24.8 Å². The summed E-state index contributed by atoms with van der Waals surface area (Å²) < 4.78 is 1.67. The van der Waals surface area contributed by atoms with Gasteiger partial charge in [-0.2, -0.15) is 0 Å². The van der Waals surface area contributed by atoms with Crippen molar-refractivity contribution in [2.75, 3.05) is 18.8 Å². The Morgan fingerprint density at radius 1 is 1.21 bits per heavy atom. The standard InChI is InChI=1S/C21H25N3O2S2/c1-14-8-10-23(11-9-14)18(25)13-27-21-22-17-12-15(2)28-19(17)20(26)24(21)16-6-4-3-5-7-16/h3-7,14-15H,8-13H2,1-2H3. The quantitative estimate of drug-likeness (QED) is 0.564. The number of hydrogen-bond acceptors (Lipinski definition) is 5. The molecule has 2 aliphatic rings. The number of carbonyl (C=O) groups is 1. The molecule has 0 radical (unpaired) electrons. The lowest BCUT2D eigenvalue weighted by molar-refractivity contribution is -0.129. The van der Waals surface area contributed by atoms with E-state index in [2.05, 4.69) is 13.8 Å². The molecular weight excluding hydrogens is 390 g/mol. The van der Waals surface area contributed by atoms with E-state index in [-0.39, 0.29) is 11.5 Å². The minimum atomic E-state index is -0.0210. The van der Waals surface area contributed by atoms with Crippen LogP contribution in [0.4, 0.5) is 0 Å². The largest absolute Gasteiger partial charge is 0.342 e. The van der Waals surface area contributed by atoms with Crippen LogP contribution in [0.2, 0.25) is 0 Å². The summed E-state index contributed by atoms with van der Waals surface area (Å²) in [6.07, 6.45) is 2.94. The molecule has 0 saturated carbocycles. The normalized spacial score (nSPS) is 19.6. The monoisotopic (exact) mass is 415 g/mol. The Morgan fingerprint density at radius 3 is 2.64 bits per heavy atom. The summed E-state index contributed by atoms with van der Waals surface area (Å²) in [6, 6.07) is 9.59. The van der Waals surface area contributed by atoms with E-state index < -0.39 is 0 Å². The van der Waals surface area contributed by atoms with Crippen molar-refractivity contribution in [2.45, 2.75) is 48.4 Å². The summed E-state index contributed by atoms with van der Waals surface area (Å²) in [4.78, 5) is 33.4. The number of benzene rings is 1. The molecule has 0 N–H and O–H groups in total. The van der Waals surface area contributed by atoms with Gasteiger partial charge in [0.25, 0.3) is 5.56 Å². The molecule has 1 unspecified atom stereocenters. The molecule has 7 heteroatoms. The molecule has 1 atom stereocenters. The van der Waals surface area contributed by atoms with Gasteiger partial charge in [-0.05, 0) is 30.9 Å². The first-order valence-electron chi connectivity index (χ1n) is 9.81. The van der Waals surface area contributed by atoms with Crippen molar-refractivity contribution in [3.05, 3.63) is 46.4 Å². The summed E-state index contributed by atoms with van der Waals surface area (Å²) in [5.41, 5.74) is 1.65. The van der Waals surface area contributed by atoms with Crippen LogP contribution in [0.5, 0.6) is 0 Å². The summed E-state index contributed by atoms with van der Waals surface area (Å²) in [5, 5.41) is 0.972. The van der Waals surface area contributed by atoms with Gasteiger partial charge in [0.05, 0.1) is 22.0 Å². The fourth-order valence-electron chi connectivity index (χ4n) is 3.68. The van der Waals surface area contributed by atoms with E-state index in [1.54, 1.807) is 16.3 Å². The first kappa shape index (κ1) is 19.6. The van der Waals surface area contributed by atoms with Crippen molar-refractivity contribution in [1.82, 2.24) is 14.5 Å². The number of carbonyl (C=O) groups excluding carboxylic acids is 1. The predicted octanol–water partition coefficient (Wildman–Crippen LogP) is 3.62. The molecule has 0 spiro atoms. The SMILES string of the molecule is CC1CCN(C(=O)CSc2nc3c(c(=O)n2-c2ccccc2)SC(C)C3)CC1. The minimum absolute atomic E-state index is 0.0210. The number of rotatable bonds is 4. The highest BCUT2D eigenvalue weighted by Gasteiger charge is 2.27. The van der Waals surface area contributed by atoms with Crippen molar-refractivity contribution in [3.63, 3.8) is 0 Å². The number of thioether (sulfide) groups is 2. The van der Waals surface area contributed by atoms with E-state index in [1.807, 2.05) is 35.2 Å². The molecule has 28 heavy (non-hydrogen) atoms. The Hall–Kier alpha value is -1.73. The fraction of sp³-hybridized carbons (Fsp3) is 0.476. The summed E-state index contributed by atoms with van der Waals surface area (Å²) in [6.45, 7) is 6.02. The van der Waals surface area contributed by atoms with Gasteiger partial charge in [0.15, 0.2) is 5.16 Å². The van der Waals surface area contributed by atoms with E-state index in [1.165, 1.54) is 11.8 Å². The van der Waals surface area contributed by atoms with Gasteiger partial charge < -0.3 is 4.90 Å². The Labute approximate surface area is 173 Å². The highest BCUT2D eigenvalue weighted by Crippen LogP contribution is 2.35. The number of likely N-dealkylation sites (tertiary alicyclic amines) is 1. The van der Waals surface area contributed by atoms with E-state index in [0.717, 1.165) is 48.6 Å². The number of fused-ring (bicyclic) bond motifs is 1. The zero-order valence-electron chi connectivity index (χ0n) is 16.3. The number of piperidine rings is 1. The van der Waals surface area contributed by atoms with Crippen molar-refractivity contribution < 1.29 is 4.79 Å². The van der Waals surface area contributed by atoms with E-state index in [9.17, 15) is 9.59 Å². The third-order valence-electron chi connectivity index (χ3n) is 5.36. The third kappa shape index (κ3) is 4.01. The Kier molecular flexibility index (Phi) is 5.83. The maximum absolute atomic E-state index is 13.2. The van der Waals surface area contributed by atoms with Crippen LogP contribution >= 0.6 is 23.5 Å². The summed E-state index contributed by atoms with van der Waals surface area (Å²) in [5.74, 6) is 1.14. The topological polar surface area (TPSA) is 55.2 Å². The number of aromatic nitrogens is 2. The molecule has 0 bridgehead atoms. The van der Waals surface area contributed by atoms with Gasteiger partial charge in [-0.1, -0.05) is 43.8 Å². The van der Waals surface area contributed by atoms with Crippen LogP contribution in [0.1, 0.15) is 32.4 Å². The first-order valence-corrected chi connectivity index (χ1v) is 11.7. The van der Waals surface area contributed by atoms with Crippen molar-refractivity contribution in [2.24, 2.45) is 5.92 Å². The molecule has 3 heterocycles. The van der Waals surface area contributed by atoms with Crippen LogP contribution in [-0.4, -0.2) is 44.5 Å². The van der Waals surface area contributed by atoms with Crippen LogP contribution < -0.4 is 5.56 Å². The lowest BCUT2D eigenvalue weighted by Gasteiger charge is -2.30. The van der Waals surface area contributed by atoms with Crippen LogP contribution in [0.25, 0.3) is 5.69 Å². The smallest absolute Gasteiger partial charge is 0.272 e. The third-order valence-corrected chi connectivity index (χ3v) is 7.49. The Bertz CT molecular complexity index is 921. The molecule has 0 aliphatic carbocycles. The van der Waals surface area contributed by atoms with Gasteiger partial charge in [-0.3, -0.25) is 14.2 Å². The average Bonchev–Trinajstić information content (AvgIpc) is 3.08. The summed E-state index contributed by atoms with van der Waals surface area (Å²) >= 11 is 2.98. The Balaban J connectivity index is 1.61. The van der Waals surface area contributed by atoms with Crippen LogP contribution in [0.3, 0.4) is 0 Å². The molecule has 1 amide bonds. The van der Waals surface area contributed by atoms with Gasteiger partial charge >= 0.3 is 0 Å². The van der Waals surface area contributed by atoms with E-state index >= 15 is 0 Å². The molecule has 148 valence electrons. The van der Waals surface area contributed by atoms with Crippen LogP contribution in [0.15, 0.2) is 45.2 Å². The van der Waals surface area contributed by atoms with Crippen LogP contribution in [0, 0.1) is 5.92 Å². The Morgan fingerprint density at radius 2 is 1.93 bits per heavy atom.